The third-order valence-corrected chi connectivity index (χ3v) is 4.09. The molecule has 126 valence electrons. The van der Waals surface area contributed by atoms with Crippen molar-refractivity contribution in [3.8, 4) is 5.75 Å². The molecule has 2 N–H and O–H groups in total. The molecule has 0 saturated heterocycles. The number of benzene rings is 2. The Morgan fingerprint density at radius 3 is 2.58 bits per heavy atom. The Morgan fingerprint density at radius 1 is 1.12 bits per heavy atom. The summed E-state index contributed by atoms with van der Waals surface area (Å²) in [6.45, 7) is 5.80. The van der Waals surface area contributed by atoms with E-state index in [0.717, 1.165) is 26.9 Å². The molecule has 0 aliphatic rings. The third-order valence-electron chi connectivity index (χ3n) is 3.39. The summed E-state index contributed by atoms with van der Waals surface area (Å²) in [6.07, 6.45) is 0. The summed E-state index contributed by atoms with van der Waals surface area (Å²) in [5, 5.41) is 5.91. The second kappa shape index (κ2) is 8.26. The predicted octanol–water partition coefficient (Wildman–Crippen LogP) is 4.27. The lowest BCUT2D eigenvalue weighted by atomic mass is 10.1. The number of rotatable bonds is 4. The van der Waals surface area contributed by atoms with Gasteiger partial charge < -0.3 is 10.1 Å². The first-order valence-corrected chi connectivity index (χ1v) is 8.62. The van der Waals surface area contributed by atoms with Crippen LogP contribution in [-0.2, 0) is 4.79 Å². The topological polar surface area (TPSA) is 50.4 Å². The van der Waals surface area contributed by atoms with Crippen LogP contribution in [0.1, 0.15) is 16.7 Å². The summed E-state index contributed by atoms with van der Waals surface area (Å²) in [7, 11) is 0. The molecule has 1 amide bonds. The van der Waals surface area contributed by atoms with Gasteiger partial charge in [-0.25, -0.2) is 0 Å². The van der Waals surface area contributed by atoms with E-state index in [-0.39, 0.29) is 17.6 Å². The Labute approximate surface area is 155 Å². The molecule has 0 atom stereocenters. The number of nitrogens with one attached hydrogen (secondary N) is 2. The molecule has 0 saturated carbocycles. The van der Waals surface area contributed by atoms with E-state index in [0.29, 0.717) is 5.75 Å². The van der Waals surface area contributed by atoms with Crippen molar-refractivity contribution in [2.75, 3.05) is 11.9 Å². The minimum atomic E-state index is -0.305. The normalized spacial score (nSPS) is 10.2. The summed E-state index contributed by atoms with van der Waals surface area (Å²) in [5.41, 5.74) is 4.00. The lowest BCUT2D eigenvalue weighted by Crippen LogP contribution is -2.37. The minimum Gasteiger partial charge on any atom is -0.483 e. The van der Waals surface area contributed by atoms with Crippen molar-refractivity contribution in [3.05, 3.63) is 57.6 Å². The fourth-order valence-electron chi connectivity index (χ4n) is 2.10. The molecule has 0 aliphatic heterocycles. The maximum absolute atomic E-state index is 12.0. The minimum absolute atomic E-state index is 0.100. The maximum atomic E-state index is 12.0. The zero-order valence-corrected chi connectivity index (χ0v) is 16.2. The summed E-state index contributed by atoms with van der Waals surface area (Å²) < 4.78 is 6.50. The summed E-state index contributed by atoms with van der Waals surface area (Å²) in [4.78, 5) is 12.0. The van der Waals surface area contributed by atoms with Gasteiger partial charge >= 0.3 is 0 Å². The Balaban J connectivity index is 1.87. The number of aryl methyl sites for hydroxylation is 3. The van der Waals surface area contributed by atoms with Crippen LogP contribution >= 0.6 is 28.1 Å². The number of hydrogen-bond donors (Lipinski definition) is 2. The molecule has 2 aromatic carbocycles. The van der Waals surface area contributed by atoms with E-state index >= 15 is 0 Å². The highest BCUT2D eigenvalue weighted by atomic mass is 79.9. The van der Waals surface area contributed by atoms with Gasteiger partial charge in [0.1, 0.15) is 5.75 Å². The summed E-state index contributed by atoms with van der Waals surface area (Å²) in [5.74, 6) is 0.363. The van der Waals surface area contributed by atoms with Crippen molar-refractivity contribution < 1.29 is 9.53 Å². The molecule has 0 spiro atoms. The van der Waals surface area contributed by atoms with Crippen molar-refractivity contribution in [3.63, 3.8) is 0 Å². The van der Waals surface area contributed by atoms with Gasteiger partial charge in [-0.2, -0.15) is 0 Å². The van der Waals surface area contributed by atoms with Crippen LogP contribution in [0.5, 0.6) is 5.75 Å². The molecule has 24 heavy (non-hydrogen) atoms. The number of amides is 1. The molecule has 6 heteroatoms. The smallest absolute Gasteiger partial charge is 0.264 e. The van der Waals surface area contributed by atoms with Crippen molar-refractivity contribution in [2.45, 2.75) is 20.8 Å². The molecule has 2 aromatic rings. The van der Waals surface area contributed by atoms with Gasteiger partial charge in [-0.3, -0.25) is 10.1 Å². The van der Waals surface area contributed by atoms with E-state index in [4.69, 9.17) is 17.0 Å². The predicted molar refractivity (Wildman–Crippen MR) is 105 cm³/mol. The first-order chi connectivity index (χ1) is 11.3. The van der Waals surface area contributed by atoms with Crippen molar-refractivity contribution in [1.82, 2.24) is 5.32 Å². The Morgan fingerprint density at radius 2 is 1.88 bits per heavy atom. The van der Waals surface area contributed by atoms with Crippen LogP contribution in [0.3, 0.4) is 0 Å². The monoisotopic (exact) mass is 406 g/mol. The van der Waals surface area contributed by atoms with E-state index in [1.54, 1.807) is 0 Å². The van der Waals surface area contributed by atoms with Crippen LogP contribution < -0.4 is 15.4 Å². The molecule has 0 radical (unpaired) electrons. The van der Waals surface area contributed by atoms with Crippen LogP contribution in [0.4, 0.5) is 5.69 Å². The lowest BCUT2D eigenvalue weighted by Gasteiger charge is -2.13. The van der Waals surface area contributed by atoms with Crippen molar-refractivity contribution in [2.24, 2.45) is 0 Å². The summed E-state index contributed by atoms with van der Waals surface area (Å²) in [6, 6.07) is 11.6. The lowest BCUT2D eigenvalue weighted by molar-refractivity contribution is -0.121. The van der Waals surface area contributed by atoms with E-state index in [1.807, 2.05) is 57.2 Å². The largest absolute Gasteiger partial charge is 0.483 e. The SMILES string of the molecule is Cc1ccc(C)c(NC(=S)NC(=O)COc2ccc(Br)cc2C)c1. The third kappa shape index (κ3) is 5.32. The van der Waals surface area contributed by atoms with Gasteiger partial charge in [-0.15, -0.1) is 0 Å². The van der Waals surface area contributed by atoms with Gasteiger partial charge in [0, 0.05) is 10.2 Å². The van der Waals surface area contributed by atoms with Crippen molar-refractivity contribution in [1.29, 1.82) is 0 Å². The van der Waals surface area contributed by atoms with Crippen LogP contribution in [0, 0.1) is 20.8 Å². The zero-order chi connectivity index (χ0) is 17.7. The van der Waals surface area contributed by atoms with Crippen LogP contribution in [0.15, 0.2) is 40.9 Å². The van der Waals surface area contributed by atoms with E-state index in [2.05, 4.69) is 26.6 Å². The van der Waals surface area contributed by atoms with Gasteiger partial charge in [0.25, 0.3) is 5.91 Å². The average Bonchev–Trinajstić information content (AvgIpc) is 2.50. The van der Waals surface area contributed by atoms with Crippen LogP contribution in [-0.4, -0.2) is 17.6 Å². The fourth-order valence-corrected chi connectivity index (χ4v) is 2.80. The quantitative estimate of drug-likeness (QED) is 0.744. The fraction of sp³-hybridized carbons (Fsp3) is 0.222. The Bertz CT molecular complexity index is 778. The molecular formula is C18H19BrN2O2S. The average molecular weight is 407 g/mol. The molecule has 0 bridgehead atoms. The standard InChI is InChI=1S/C18H19BrN2O2S/c1-11-4-5-12(2)15(8-11)20-18(24)21-17(22)10-23-16-7-6-14(19)9-13(16)3/h4-9H,10H2,1-3H3,(H2,20,21,22,24). The number of anilines is 1. The molecule has 0 fully saturated rings. The van der Waals surface area contributed by atoms with Gasteiger partial charge in [0.2, 0.25) is 0 Å². The number of halogens is 1. The molecule has 4 nitrogen and oxygen atoms in total. The Kier molecular flexibility index (Phi) is 6.34. The number of carbonyl (C=O) groups is 1. The number of ether oxygens (including phenoxy) is 1. The van der Waals surface area contributed by atoms with E-state index in [9.17, 15) is 4.79 Å². The molecule has 0 unspecified atom stereocenters. The first-order valence-electron chi connectivity index (χ1n) is 7.42. The summed E-state index contributed by atoms with van der Waals surface area (Å²) >= 11 is 8.58. The highest BCUT2D eigenvalue weighted by molar-refractivity contribution is 9.10. The van der Waals surface area contributed by atoms with E-state index in [1.165, 1.54) is 0 Å². The molecule has 0 aromatic heterocycles. The second-order valence-electron chi connectivity index (χ2n) is 5.52. The second-order valence-corrected chi connectivity index (χ2v) is 6.84. The van der Waals surface area contributed by atoms with Gasteiger partial charge in [-0.1, -0.05) is 28.1 Å². The first kappa shape index (κ1) is 18.4. The highest BCUT2D eigenvalue weighted by Crippen LogP contribution is 2.22. The van der Waals surface area contributed by atoms with Crippen LogP contribution in [0.25, 0.3) is 0 Å². The number of hydrogen-bond acceptors (Lipinski definition) is 3. The number of thiocarbonyl (C=S) groups is 1. The van der Waals surface area contributed by atoms with Gasteiger partial charge in [-0.05, 0) is 73.9 Å². The zero-order valence-electron chi connectivity index (χ0n) is 13.8. The molecule has 0 heterocycles. The van der Waals surface area contributed by atoms with Crippen LogP contribution in [0.2, 0.25) is 0 Å². The van der Waals surface area contributed by atoms with E-state index < -0.39 is 0 Å². The molecule has 0 aliphatic carbocycles. The number of carbonyl (C=O) groups excluding carboxylic acids is 1. The van der Waals surface area contributed by atoms with Gasteiger partial charge in [0.05, 0.1) is 0 Å². The molecular weight excluding hydrogens is 388 g/mol. The maximum Gasteiger partial charge on any atom is 0.264 e. The highest BCUT2D eigenvalue weighted by Gasteiger charge is 2.08. The Hall–Kier alpha value is -1.92. The molecule has 2 rings (SSSR count). The van der Waals surface area contributed by atoms with Crippen molar-refractivity contribution >= 4 is 44.9 Å². The van der Waals surface area contributed by atoms with Gasteiger partial charge in [0.15, 0.2) is 11.7 Å².